The molecule has 3 heterocycles. The maximum atomic E-state index is 14.0. The Hall–Kier alpha value is -2.39. The van der Waals surface area contributed by atoms with Crippen LogP contribution in [-0.2, 0) is 22.7 Å². The number of likely N-dealkylation sites (tertiary alicyclic amines) is 1. The summed E-state index contributed by atoms with van der Waals surface area (Å²) in [6, 6.07) is 4.57. The third kappa shape index (κ3) is 3.08. The van der Waals surface area contributed by atoms with E-state index in [0.29, 0.717) is 18.5 Å². The minimum atomic E-state index is -2.96. The van der Waals surface area contributed by atoms with E-state index < -0.39 is 30.0 Å². The number of hydrogen-bond donors (Lipinski definition) is 2. The first-order valence-electron chi connectivity index (χ1n) is 9.23. The smallest absolute Gasteiger partial charge is 0.279 e. The number of nitrogens with zero attached hydrogens (tertiary/aromatic N) is 2. The molecule has 7 nitrogen and oxygen atoms in total. The topological polar surface area (TPSA) is 95.7 Å². The molecule has 2 unspecified atom stereocenters. The lowest BCUT2D eigenvalue weighted by atomic mass is 9.99. The van der Waals surface area contributed by atoms with E-state index in [1.54, 1.807) is 17.0 Å². The molecule has 0 radical (unpaired) electrons. The summed E-state index contributed by atoms with van der Waals surface area (Å²) in [7, 11) is 0. The van der Waals surface area contributed by atoms with Crippen LogP contribution in [0.5, 0.6) is 0 Å². The first-order valence-corrected chi connectivity index (χ1v) is 9.23. The van der Waals surface area contributed by atoms with Crippen molar-refractivity contribution >= 4 is 17.7 Å². The summed E-state index contributed by atoms with van der Waals surface area (Å²) in [4.78, 5) is 39.2. The van der Waals surface area contributed by atoms with Crippen LogP contribution < -0.4 is 11.1 Å². The SMILES string of the molecule is CC1(N)CN(Cc2ccc3c(c2)CN(C2CCC(=O)NC2=O)C3=O)CC1(F)F. The van der Waals surface area contributed by atoms with Crippen LogP contribution in [0.3, 0.4) is 0 Å². The number of rotatable bonds is 3. The van der Waals surface area contributed by atoms with Gasteiger partial charge in [-0.25, -0.2) is 8.78 Å². The van der Waals surface area contributed by atoms with Crippen molar-refractivity contribution in [1.29, 1.82) is 0 Å². The van der Waals surface area contributed by atoms with Gasteiger partial charge in [0, 0.05) is 31.6 Å². The average Bonchev–Trinajstić information content (AvgIpc) is 3.00. The number of amides is 3. The molecule has 0 bridgehead atoms. The Balaban J connectivity index is 1.49. The summed E-state index contributed by atoms with van der Waals surface area (Å²) < 4.78 is 28.0. The quantitative estimate of drug-likeness (QED) is 0.735. The Morgan fingerprint density at radius 2 is 2.00 bits per heavy atom. The largest absolute Gasteiger partial charge is 0.322 e. The predicted molar refractivity (Wildman–Crippen MR) is 95.3 cm³/mol. The van der Waals surface area contributed by atoms with Crippen molar-refractivity contribution in [2.45, 2.75) is 50.4 Å². The Bertz CT molecular complexity index is 855. The van der Waals surface area contributed by atoms with E-state index in [1.807, 2.05) is 6.07 Å². The van der Waals surface area contributed by atoms with Gasteiger partial charge in [0.25, 0.3) is 11.8 Å². The van der Waals surface area contributed by atoms with Crippen molar-refractivity contribution in [3.05, 3.63) is 34.9 Å². The molecule has 3 aliphatic heterocycles. The van der Waals surface area contributed by atoms with Gasteiger partial charge in [0.1, 0.15) is 6.04 Å². The van der Waals surface area contributed by atoms with Gasteiger partial charge in [-0.3, -0.25) is 24.6 Å². The third-order valence-electron chi connectivity index (χ3n) is 5.80. The fraction of sp³-hybridized carbons (Fsp3) is 0.526. The second-order valence-corrected chi connectivity index (χ2v) is 8.16. The molecule has 0 aliphatic carbocycles. The zero-order valence-electron chi connectivity index (χ0n) is 15.5. The van der Waals surface area contributed by atoms with Gasteiger partial charge in [0.15, 0.2) is 0 Å². The molecule has 3 N–H and O–H groups in total. The highest BCUT2D eigenvalue weighted by Gasteiger charge is 2.54. The summed E-state index contributed by atoms with van der Waals surface area (Å²) >= 11 is 0. The number of imide groups is 1. The maximum absolute atomic E-state index is 14.0. The van der Waals surface area contributed by atoms with E-state index in [0.717, 1.165) is 11.1 Å². The van der Waals surface area contributed by atoms with E-state index in [4.69, 9.17) is 5.73 Å². The fourth-order valence-electron chi connectivity index (χ4n) is 4.19. The van der Waals surface area contributed by atoms with Gasteiger partial charge in [-0.1, -0.05) is 12.1 Å². The first kappa shape index (κ1) is 18.9. The van der Waals surface area contributed by atoms with Crippen LogP contribution in [0.1, 0.15) is 41.3 Å². The molecule has 150 valence electrons. The van der Waals surface area contributed by atoms with E-state index in [2.05, 4.69) is 5.32 Å². The standard InChI is InChI=1S/C19H22F2N4O3/c1-18(22)9-24(10-19(18,20)21)7-11-2-3-13-12(6-11)8-25(17(13)28)14-4-5-15(26)23-16(14)27/h2-3,6,14H,4-5,7-10,22H2,1H3,(H,23,26,27). The molecule has 28 heavy (non-hydrogen) atoms. The van der Waals surface area contributed by atoms with Gasteiger partial charge in [-0.15, -0.1) is 0 Å². The molecule has 2 atom stereocenters. The van der Waals surface area contributed by atoms with Gasteiger partial charge in [-0.05, 0) is 30.5 Å². The van der Waals surface area contributed by atoms with Crippen molar-refractivity contribution in [3.8, 4) is 0 Å². The zero-order chi connectivity index (χ0) is 20.3. The van der Waals surface area contributed by atoms with Gasteiger partial charge in [0.2, 0.25) is 11.8 Å². The minimum absolute atomic E-state index is 0.0818. The summed E-state index contributed by atoms with van der Waals surface area (Å²) in [5, 5.41) is 2.27. The number of piperidine rings is 1. The number of carbonyl (C=O) groups is 3. The van der Waals surface area contributed by atoms with Gasteiger partial charge in [0.05, 0.1) is 12.1 Å². The van der Waals surface area contributed by atoms with Crippen LogP contribution in [-0.4, -0.2) is 58.1 Å². The van der Waals surface area contributed by atoms with Crippen LogP contribution in [0.15, 0.2) is 18.2 Å². The molecule has 3 aliphatic rings. The first-order chi connectivity index (χ1) is 13.1. The highest BCUT2D eigenvalue weighted by atomic mass is 19.3. The second kappa shape index (κ2) is 6.31. The fourth-order valence-corrected chi connectivity index (χ4v) is 4.19. The number of nitrogens with two attached hydrogens (primary N) is 1. The molecule has 4 rings (SSSR count). The molecule has 1 aromatic rings. The van der Waals surface area contributed by atoms with E-state index >= 15 is 0 Å². The molecule has 1 aromatic carbocycles. The maximum Gasteiger partial charge on any atom is 0.279 e. The lowest BCUT2D eigenvalue weighted by molar-refractivity contribution is -0.136. The summed E-state index contributed by atoms with van der Waals surface area (Å²) in [6.45, 7) is 1.60. The van der Waals surface area contributed by atoms with E-state index in [1.165, 1.54) is 11.8 Å². The average molecular weight is 392 g/mol. The Morgan fingerprint density at radius 3 is 2.64 bits per heavy atom. The number of carbonyl (C=O) groups excluding carboxylic acids is 3. The van der Waals surface area contributed by atoms with Crippen LogP contribution in [0.25, 0.3) is 0 Å². The molecular formula is C19H22F2N4O3. The highest BCUT2D eigenvalue weighted by molar-refractivity contribution is 6.05. The summed E-state index contributed by atoms with van der Waals surface area (Å²) in [5.74, 6) is -4.00. The molecule has 0 saturated carbocycles. The van der Waals surface area contributed by atoms with Crippen LogP contribution in [0, 0.1) is 0 Å². The molecule has 3 amide bonds. The highest BCUT2D eigenvalue weighted by Crippen LogP contribution is 2.35. The molecule has 9 heteroatoms. The summed E-state index contributed by atoms with van der Waals surface area (Å²) in [6.07, 6.45) is 0.498. The number of fused-ring (bicyclic) bond motifs is 1. The second-order valence-electron chi connectivity index (χ2n) is 8.16. The normalized spacial score (nSPS) is 29.9. The monoisotopic (exact) mass is 392 g/mol. The van der Waals surface area contributed by atoms with E-state index in [-0.39, 0.29) is 31.3 Å². The Kier molecular flexibility index (Phi) is 4.27. The van der Waals surface area contributed by atoms with Crippen LogP contribution in [0.2, 0.25) is 0 Å². The predicted octanol–water partition coefficient (Wildman–Crippen LogP) is 0.616. The Morgan fingerprint density at radius 1 is 1.25 bits per heavy atom. The number of benzene rings is 1. The zero-order valence-corrected chi connectivity index (χ0v) is 15.5. The van der Waals surface area contributed by atoms with Crippen molar-refractivity contribution in [2.24, 2.45) is 5.73 Å². The van der Waals surface area contributed by atoms with Gasteiger partial charge >= 0.3 is 0 Å². The van der Waals surface area contributed by atoms with Gasteiger partial charge in [-0.2, -0.15) is 0 Å². The lowest BCUT2D eigenvalue weighted by Gasteiger charge is -2.29. The van der Waals surface area contributed by atoms with Crippen molar-refractivity contribution in [3.63, 3.8) is 0 Å². The molecule has 2 fully saturated rings. The van der Waals surface area contributed by atoms with Gasteiger partial charge < -0.3 is 10.6 Å². The number of hydrogen-bond acceptors (Lipinski definition) is 5. The van der Waals surface area contributed by atoms with Crippen molar-refractivity contribution in [2.75, 3.05) is 13.1 Å². The molecule has 0 spiro atoms. The third-order valence-corrected chi connectivity index (χ3v) is 5.80. The molecule has 2 saturated heterocycles. The van der Waals surface area contributed by atoms with Crippen LogP contribution in [0.4, 0.5) is 8.78 Å². The summed E-state index contributed by atoms with van der Waals surface area (Å²) in [5.41, 5.74) is 6.23. The number of halogens is 2. The van der Waals surface area contributed by atoms with Crippen molar-refractivity contribution in [1.82, 2.24) is 15.1 Å². The van der Waals surface area contributed by atoms with Crippen LogP contribution >= 0.6 is 0 Å². The number of alkyl halides is 2. The Labute approximate surface area is 160 Å². The van der Waals surface area contributed by atoms with E-state index in [9.17, 15) is 23.2 Å². The molecule has 0 aromatic heterocycles. The lowest BCUT2D eigenvalue weighted by Crippen LogP contribution is -2.52. The van der Waals surface area contributed by atoms with Crippen molar-refractivity contribution < 1.29 is 23.2 Å². The molecular weight excluding hydrogens is 370 g/mol. The minimum Gasteiger partial charge on any atom is -0.322 e. The number of nitrogens with one attached hydrogen (secondary N) is 1.